The van der Waals surface area contributed by atoms with Crippen molar-refractivity contribution in [3.63, 3.8) is 0 Å². The quantitative estimate of drug-likeness (QED) is 0.686. The molecule has 3 aromatic rings. The van der Waals surface area contributed by atoms with E-state index in [1.807, 2.05) is 12.1 Å². The second-order valence-electron chi connectivity index (χ2n) is 5.57. The van der Waals surface area contributed by atoms with Gasteiger partial charge in [0.15, 0.2) is 17.3 Å². The van der Waals surface area contributed by atoms with Crippen molar-refractivity contribution < 1.29 is 14.3 Å². The van der Waals surface area contributed by atoms with Crippen LogP contribution in [0.25, 0.3) is 11.3 Å². The van der Waals surface area contributed by atoms with Crippen LogP contribution >= 0.6 is 0 Å². The first-order chi connectivity index (χ1) is 12.2. The molecule has 2 heterocycles. The Kier molecular flexibility index (Phi) is 3.78. The standard InChI is InChI=1S/C19H14N2O4/c22-16(13-4-2-1-3-5-13)11-21-19(23)9-7-15(20-21)14-6-8-17-18(10-14)25-12-24-17/h1-10H,11-12H2. The maximum Gasteiger partial charge on any atom is 0.267 e. The molecular weight excluding hydrogens is 320 g/mol. The van der Waals surface area contributed by atoms with Gasteiger partial charge in [0.2, 0.25) is 6.79 Å². The van der Waals surface area contributed by atoms with Gasteiger partial charge in [-0.15, -0.1) is 0 Å². The smallest absolute Gasteiger partial charge is 0.267 e. The lowest BCUT2D eigenvalue weighted by molar-refractivity contribution is 0.0966. The highest BCUT2D eigenvalue weighted by molar-refractivity contribution is 5.95. The second kappa shape index (κ2) is 6.24. The molecule has 1 aliphatic heterocycles. The number of rotatable bonds is 4. The predicted molar refractivity (Wildman–Crippen MR) is 90.8 cm³/mol. The molecule has 0 radical (unpaired) electrons. The van der Waals surface area contributed by atoms with Crippen molar-refractivity contribution >= 4 is 5.78 Å². The van der Waals surface area contributed by atoms with E-state index in [4.69, 9.17) is 9.47 Å². The maximum absolute atomic E-state index is 12.3. The molecule has 0 N–H and O–H groups in total. The number of ether oxygens (including phenoxy) is 2. The van der Waals surface area contributed by atoms with E-state index in [1.165, 1.54) is 10.7 Å². The first kappa shape index (κ1) is 15.1. The maximum atomic E-state index is 12.3. The molecule has 124 valence electrons. The van der Waals surface area contributed by atoms with Crippen LogP contribution in [-0.2, 0) is 6.54 Å². The van der Waals surface area contributed by atoms with Crippen LogP contribution in [-0.4, -0.2) is 22.4 Å². The summed E-state index contributed by atoms with van der Waals surface area (Å²) >= 11 is 0. The second-order valence-corrected chi connectivity index (χ2v) is 5.57. The highest BCUT2D eigenvalue weighted by atomic mass is 16.7. The van der Waals surface area contributed by atoms with E-state index in [1.54, 1.807) is 42.5 Å². The molecular formula is C19H14N2O4. The minimum absolute atomic E-state index is 0.110. The average molecular weight is 334 g/mol. The van der Waals surface area contributed by atoms with Gasteiger partial charge in [0.25, 0.3) is 5.56 Å². The average Bonchev–Trinajstić information content (AvgIpc) is 3.12. The Morgan fingerprint density at radius 3 is 2.64 bits per heavy atom. The number of fused-ring (bicyclic) bond motifs is 1. The molecule has 0 saturated carbocycles. The van der Waals surface area contributed by atoms with Crippen LogP contribution in [0.1, 0.15) is 10.4 Å². The summed E-state index contributed by atoms with van der Waals surface area (Å²) in [4.78, 5) is 24.4. The van der Waals surface area contributed by atoms with Crippen molar-refractivity contribution in [3.8, 4) is 22.8 Å². The molecule has 0 fully saturated rings. The van der Waals surface area contributed by atoms with Gasteiger partial charge >= 0.3 is 0 Å². The van der Waals surface area contributed by atoms with Crippen molar-refractivity contribution in [3.05, 3.63) is 76.6 Å². The molecule has 0 aliphatic carbocycles. The predicted octanol–water partition coefficient (Wildman–Crippen LogP) is 2.52. The summed E-state index contributed by atoms with van der Waals surface area (Å²) in [6.07, 6.45) is 0. The fourth-order valence-corrected chi connectivity index (χ4v) is 2.62. The molecule has 6 nitrogen and oxygen atoms in total. The molecule has 0 atom stereocenters. The summed E-state index contributed by atoms with van der Waals surface area (Å²) in [5, 5.41) is 4.32. The number of benzene rings is 2. The molecule has 4 rings (SSSR count). The van der Waals surface area contributed by atoms with E-state index in [-0.39, 0.29) is 24.7 Å². The van der Waals surface area contributed by atoms with Crippen LogP contribution in [0.2, 0.25) is 0 Å². The van der Waals surface area contributed by atoms with Gasteiger partial charge in [0.1, 0.15) is 6.54 Å². The molecule has 25 heavy (non-hydrogen) atoms. The number of Topliss-reactive ketones (excluding diaryl/α,β-unsaturated/α-hetero) is 1. The highest BCUT2D eigenvalue weighted by Crippen LogP contribution is 2.35. The highest BCUT2D eigenvalue weighted by Gasteiger charge is 2.15. The zero-order chi connectivity index (χ0) is 17.2. The van der Waals surface area contributed by atoms with Crippen LogP contribution in [0.3, 0.4) is 0 Å². The van der Waals surface area contributed by atoms with Gasteiger partial charge in [-0.05, 0) is 24.3 Å². The molecule has 1 aromatic heterocycles. The minimum Gasteiger partial charge on any atom is -0.454 e. The normalized spacial score (nSPS) is 12.2. The summed E-state index contributed by atoms with van der Waals surface area (Å²) < 4.78 is 11.8. The lowest BCUT2D eigenvalue weighted by Crippen LogP contribution is -2.26. The molecule has 0 amide bonds. The fraction of sp³-hybridized carbons (Fsp3) is 0.105. The van der Waals surface area contributed by atoms with E-state index in [2.05, 4.69) is 5.10 Å². The summed E-state index contributed by atoms with van der Waals surface area (Å²) in [6, 6.07) is 17.3. The number of hydrogen-bond acceptors (Lipinski definition) is 5. The minimum atomic E-state index is -0.325. The first-order valence-electron chi connectivity index (χ1n) is 7.77. The van der Waals surface area contributed by atoms with E-state index in [0.717, 1.165) is 5.56 Å². The third-order valence-electron chi connectivity index (χ3n) is 3.92. The molecule has 2 aromatic carbocycles. The SMILES string of the molecule is O=C(Cn1nc(-c2ccc3c(c2)OCO3)ccc1=O)c1ccccc1. The summed E-state index contributed by atoms with van der Waals surface area (Å²) in [5.74, 6) is 1.15. The monoisotopic (exact) mass is 334 g/mol. The Morgan fingerprint density at radius 2 is 1.80 bits per heavy atom. The number of hydrogen-bond donors (Lipinski definition) is 0. The van der Waals surface area contributed by atoms with Crippen LogP contribution in [0.4, 0.5) is 0 Å². The Morgan fingerprint density at radius 1 is 1.00 bits per heavy atom. The van der Waals surface area contributed by atoms with Gasteiger partial charge in [-0.3, -0.25) is 9.59 Å². The number of nitrogens with zero attached hydrogens (tertiary/aromatic N) is 2. The third-order valence-corrected chi connectivity index (χ3v) is 3.92. The van der Waals surface area contributed by atoms with Gasteiger partial charge in [0, 0.05) is 17.2 Å². The summed E-state index contributed by atoms with van der Waals surface area (Å²) in [5.41, 5.74) is 1.59. The van der Waals surface area contributed by atoms with Gasteiger partial charge in [-0.25, -0.2) is 4.68 Å². The van der Waals surface area contributed by atoms with Crippen LogP contribution in [0.5, 0.6) is 11.5 Å². The van der Waals surface area contributed by atoms with E-state index < -0.39 is 0 Å². The van der Waals surface area contributed by atoms with Crippen LogP contribution in [0, 0.1) is 0 Å². The third kappa shape index (κ3) is 3.01. The zero-order valence-corrected chi connectivity index (χ0v) is 13.2. The van der Waals surface area contributed by atoms with Crippen molar-refractivity contribution in [2.24, 2.45) is 0 Å². The van der Waals surface area contributed by atoms with E-state index in [9.17, 15) is 9.59 Å². The summed E-state index contributed by atoms with van der Waals surface area (Å²) in [7, 11) is 0. The number of ketones is 1. The van der Waals surface area contributed by atoms with Gasteiger partial charge in [0.05, 0.1) is 5.69 Å². The van der Waals surface area contributed by atoms with Crippen LogP contribution < -0.4 is 15.0 Å². The zero-order valence-electron chi connectivity index (χ0n) is 13.2. The van der Waals surface area contributed by atoms with Gasteiger partial charge in [-0.2, -0.15) is 5.10 Å². The van der Waals surface area contributed by atoms with Crippen molar-refractivity contribution in [2.45, 2.75) is 6.54 Å². The summed E-state index contributed by atoms with van der Waals surface area (Å²) in [6.45, 7) is 0.0819. The Hall–Kier alpha value is -3.41. The molecule has 0 saturated heterocycles. The molecule has 6 heteroatoms. The first-order valence-corrected chi connectivity index (χ1v) is 7.77. The Bertz CT molecular complexity index is 996. The van der Waals surface area contributed by atoms with Crippen LogP contribution in [0.15, 0.2) is 65.5 Å². The number of aromatic nitrogens is 2. The molecule has 0 unspecified atom stereocenters. The van der Waals surface area contributed by atoms with Gasteiger partial charge in [-0.1, -0.05) is 30.3 Å². The number of carbonyl (C=O) groups excluding carboxylic acids is 1. The number of carbonyl (C=O) groups is 1. The lowest BCUT2D eigenvalue weighted by Gasteiger charge is -2.07. The van der Waals surface area contributed by atoms with Crippen molar-refractivity contribution in [2.75, 3.05) is 6.79 Å². The Balaban J connectivity index is 1.65. The van der Waals surface area contributed by atoms with Crippen molar-refractivity contribution in [1.82, 2.24) is 9.78 Å². The fourth-order valence-electron chi connectivity index (χ4n) is 2.62. The van der Waals surface area contributed by atoms with Crippen molar-refractivity contribution in [1.29, 1.82) is 0 Å². The van der Waals surface area contributed by atoms with E-state index >= 15 is 0 Å². The molecule has 0 spiro atoms. The largest absolute Gasteiger partial charge is 0.454 e. The van der Waals surface area contributed by atoms with E-state index in [0.29, 0.717) is 22.8 Å². The molecule has 1 aliphatic rings. The Labute approximate surface area is 143 Å². The molecule has 0 bridgehead atoms. The lowest BCUT2D eigenvalue weighted by atomic mass is 10.1. The van der Waals surface area contributed by atoms with Gasteiger partial charge < -0.3 is 9.47 Å². The topological polar surface area (TPSA) is 70.4 Å².